The van der Waals surface area contributed by atoms with E-state index < -0.39 is 0 Å². The van der Waals surface area contributed by atoms with E-state index in [1.54, 1.807) is 0 Å². The summed E-state index contributed by atoms with van der Waals surface area (Å²) in [6.45, 7) is 2.90. The first-order chi connectivity index (χ1) is 14.8. The maximum absolute atomic E-state index is 5.01. The minimum absolute atomic E-state index is 0.564. The number of nitrogens with one attached hydrogen (secondary N) is 2. The van der Waals surface area contributed by atoms with Crippen molar-refractivity contribution in [3.8, 4) is 11.4 Å². The van der Waals surface area contributed by atoms with E-state index >= 15 is 0 Å². The van der Waals surface area contributed by atoms with Gasteiger partial charge in [-0.05, 0) is 43.4 Å². The van der Waals surface area contributed by atoms with Crippen LogP contribution in [-0.4, -0.2) is 31.5 Å². The summed E-state index contributed by atoms with van der Waals surface area (Å²) in [7, 11) is 0. The topological polar surface area (TPSA) is 79.4 Å². The van der Waals surface area contributed by atoms with Crippen LogP contribution in [0.25, 0.3) is 44.2 Å². The van der Waals surface area contributed by atoms with E-state index in [2.05, 4.69) is 39.3 Å². The quantitative estimate of drug-likeness (QED) is 0.425. The van der Waals surface area contributed by atoms with Crippen molar-refractivity contribution >= 4 is 38.7 Å². The lowest BCUT2D eigenvalue weighted by atomic mass is 9.79. The van der Waals surface area contributed by atoms with Gasteiger partial charge in [-0.15, -0.1) is 0 Å². The number of para-hydroxylation sites is 1. The highest BCUT2D eigenvalue weighted by atomic mass is 15.0. The van der Waals surface area contributed by atoms with Crippen molar-refractivity contribution in [1.29, 1.82) is 0 Å². The molecule has 5 aromatic rings. The number of fused-ring (bicyclic) bond motifs is 4. The van der Waals surface area contributed by atoms with E-state index in [1.807, 2.05) is 36.8 Å². The van der Waals surface area contributed by atoms with Gasteiger partial charge in [-0.2, -0.15) is 0 Å². The van der Waals surface area contributed by atoms with Crippen molar-refractivity contribution in [3.05, 3.63) is 54.5 Å². The standard InChI is InChI=1S/C24H22N6/c1-2-26-24-21-17(14-6-5-7-14)12-25-13-19(21)29-22(30-24)16-10-11-27-23-20(16)15-8-3-4-9-18(15)28-23/h3-4,8-14H,2,5-7H2,1H3,(H,27,28)(H,26,29,30). The summed E-state index contributed by atoms with van der Waals surface area (Å²) in [6, 6.07) is 10.3. The number of aromatic amines is 1. The molecule has 1 fully saturated rings. The number of aromatic nitrogens is 5. The van der Waals surface area contributed by atoms with Crippen LogP contribution in [0.2, 0.25) is 0 Å². The summed E-state index contributed by atoms with van der Waals surface area (Å²) in [5.74, 6) is 2.16. The van der Waals surface area contributed by atoms with Crippen LogP contribution < -0.4 is 5.32 Å². The number of H-pyrrole nitrogens is 1. The van der Waals surface area contributed by atoms with Gasteiger partial charge in [-0.25, -0.2) is 15.0 Å². The van der Waals surface area contributed by atoms with Crippen LogP contribution >= 0.6 is 0 Å². The van der Waals surface area contributed by atoms with Crippen molar-refractivity contribution in [1.82, 2.24) is 24.9 Å². The summed E-state index contributed by atoms with van der Waals surface area (Å²) in [5, 5.41) is 6.78. The van der Waals surface area contributed by atoms with Crippen molar-refractivity contribution < 1.29 is 0 Å². The van der Waals surface area contributed by atoms with Gasteiger partial charge in [0.2, 0.25) is 0 Å². The highest BCUT2D eigenvalue weighted by Crippen LogP contribution is 2.41. The summed E-state index contributed by atoms with van der Waals surface area (Å²) in [6.07, 6.45) is 9.39. The molecule has 2 N–H and O–H groups in total. The summed E-state index contributed by atoms with van der Waals surface area (Å²) in [4.78, 5) is 22.4. The fourth-order valence-corrected chi connectivity index (χ4v) is 4.51. The first kappa shape index (κ1) is 17.3. The molecule has 0 radical (unpaired) electrons. The Bertz CT molecular complexity index is 1400. The number of hydrogen-bond acceptors (Lipinski definition) is 5. The first-order valence-electron chi connectivity index (χ1n) is 10.6. The summed E-state index contributed by atoms with van der Waals surface area (Å²) in [5.41, 5.74) is 5.06. The first-order valence-corrected chi connectivity index (χ1v) is 10.6. The molecule has 1 aromatic carbocycles. The van der Waals surface area contributed by atoms with Crippen molar-refractivity contribution in [2.24, 2.45) is 0 Å². The molecular weight excluding hydrogens is 372 g/mol. The number of hydrogen-bond donors (Lipinski definition) is 2. The molecule has 4 aromatic heterocycles. The Labute approximate surface area is 173 Å². The molecule has 6 nitrogen and oxygen atoms in total. The van der Waals surface area contributed by atoms with E-state index in [0.29, 0.717) is 11.7 Å². The van der Waals surface area contributed by atoms with Crippen molar-refractivity contribution in [3.63, 3.8) is 0 Å². The molecular formula is C24H22N6. The molecule has 1 aliphatic carbocycles. The molecule has 6 heteroatoms. The van der Waals surface area contributed by atoms with Crippen LogP contribution in [-0.2, 0) is 0 Å². The summed E-state index contributed by atoms with van der Waals surface area (Å²) >= 11 is 0. The largest absolute Gasteiger partial charge is 0.370 e. The van der Waals surface area contributed by atoms with Crippen LogP contribution in [0.15, 0.2) is 48.9 Å². The lowest BCUT2D eigenvalue weighted by molar-refractivity contribution is 0.421. The van der Waals surface area contributed by atoms with Gasteiger partial charge in [0.05, 0.1) is 11.7 Å². The van der Waals surface area contributed by atoms with Gasteiger partial charge in [0, 0.05) is 46.2 Å². The third-order valence-corrected chi connectivity index (χ3v) is 6.17. The number of anilines is 1. The molecule has 30 heavy (non-hydrogen) atoms. The highest BCUT2D eigenvalue weighted by Gasteiger charge is 2.25. The maximum Gasteiger partial charge on any atom is 0.163 e. The van der Waals surface area contributed by atoms with Crippen LogP contribution in [0.1, 0.15) is 37.7 Å². The molecule has 0 spiro atoms. The molecule has 148 valence electrons. The molecule has 1 aliphatic rings. The Hall–Kier alpha value is -3.54. The van der Waals surface area contributed by atoms with E-state index in [0.717, 1.165) is 50.8 Å². The van der Waals surface area contributed by atoms with Crippen LogP contribution in [0.3, 0.4) is 0 Å². The average Bonchev–Trinajstić information content (AvgIpc) is 3.11. The number of rotatable bonds is 4. The Morgan fingerprint density at radius 2 is 1.97 bits per heavy atom. The predicted molar refractivity (Wildman–Crippen MR) is 121 cm³/mol. The van der Waals surface area contributed by atoms with E-state index in [4.69, 9.17) is 9.97 Å². The molecule has 0 bridgehead atoms. The number of benzene rings is 1. The normalized spacial score (nSPS) is 14.4. The zero-order valence-electron chi connectivity index (χ0n) is 16.8. The SMILES string of the molecule is CCNc1nc(-c2ccnc3[nH]c4ccccc4c23)nc2cncc(C3CCC3)c12. The molecule has 0 atom stereocenters. The summed E-state index contributed by atoms with van der Waals surface area (Å²) < 4.78 is 0. The van der Waals surface area contributed by atoms with Crippen LogP contribution in [0, 0.1) is 0 Å². The Morgan fingerprint density at radius 1 is 1.07 bits per heavy atom. The van der Waals surface area contributed by atoms with Gasteiger partial charge in [-0.3, -0.25) is 4.98 Å². The lowest BCUT2D eigenvalue weighted by Gasteiger charge is -2.27. The maximum atomic E-state index is 5.01. The second-order valence-electron chi connectivity index (χ2n) is 7.93. The molecule has 0 saturated heterocycles. The van der Waals surface area contributed by atoms with Crippen molar-refractivity contribution in [2.45, 2.75) is 32.1 Å². The van der Waals surface area contributed by atoms with Crippen LogP contribution in [0.4, 0.5) is 5.82 Å². The van der Waals surface area contributed by atoms with Gasteiger partial charge in [0.1, 0.15) is 11.5 Å². The molecule has 4 heterocycles. The third-order valence-electron chi connectivity index (χ3n) is 6.17. The monoisotopic (exact) mass is 394 g/mol. The average molecular weight is 394 g/mol. The van der Waals surface area contributed by atoms with Gasteiger partial charge < -0.3 is 10.3 Å². The van der Waals surface area contributed by atoms with Crippen molar-refractivity contribution in [2.75, 3.05) is 11.9 Å². The Kier molecular flexibility index (Phi) is 3.91. The molecule has 0 amide bonds. The molecule has 0 unspecified atom stereocenters. The van der Waals surface area contributed by atoms with Gasteiger partial charge in [-0.1, -0.05) is 24.6 Å². The predicted octanol–water partition coefficient (Wildman–Crippen LogP) is 5.42. The second-order valence-corrected chi connectivity index (χ2v) is 7.93. The zero-order valence-corrected chi connectivity index (χ0v) is 16.8. The number of pyridine rings is 2. The van der Waals surface area contributed by atoms with E-state index in [9.17, 15) is 0 Å². The second kappa shape index (κ2) is 6.76. The number of nitrogens with zero attached hydrogens (tertiary/aromatic N) is 4. The fraction of sp³-hybridized carbons (Fsp3) is 0.250. The van der Waals surface area contributed by atoms with Gasteiger partial charge in [0.25, 0.3) is 0 Å². The third kappa shape index (κ3) is 2.56. The Balaban J connectivity index is 1.64. The highest BCUT2D eigenvalue weighted by molar-refractivity contribution is 6.12. The Morgan fingerprint density at radius 3 is 2.80 bits per heavy atom. The smallest absolute Gasteiger partial charge is 0.163 e. The van der Waals surface area contributed by atoms with Crippen LogP contribution in [0.5, 0.6) is 0 Å². The molecule has 6 rings (SSSR count). The minimum atomic E-state index is 0.564. The van der Waals surface area contributed by atoms with E-state index in [-0.39, 0.29) is 0 Å². The lowest BCUT2D eigenvalue weighted by Crippen LogP contribution is -2.12. The molecule has 1 saturated carbocycles. The zero-order chi connectivity index (χ0) is 20.1. The van der Waals surface area contributed by atoms with Gasteiger partial charge in [0.15, 0.2) is 5.82 Å². The molecule has 0 aliphatic heterocycles. The minimum Gasteiger partial charge on any atom is -0.370 e. The van der Waals surface area contributed by atoms with Gasteiger partial charge >= 0.3 is 0 Å². The van der Waals surface area contributed by atoms with E-state index in [1.165, 1.54) is 24.8 Å². The fourth-order valence-electron chi connectivity index (χ4n) is 4.51.